The summed E-state index contributed by atoms with van der Waals surface area (Å²) < 4.78 is 44.6. The predicted octanol–water partition coefficient (Wildman–Crippen LogP) is 1.93. The van der Waals surface area contributed by atoms with Gasteiger partial charge in [0.05, 0.1) is 10.9 Å². The van der Waals surface area contributed by atoms with Crippen LogP contribution >= 0.6 is 0 Å². The first-order chi connectivity index (χ1) is 10.8. The first kappa shape index (κ1) is 14.9. The molecule has 3 rings (SSSR count). The number of halogens is 3. The molecule has 120 valence electrons. The van der Waals surface area contributed by atoms with Crippen molar-refractivity contribution in [2.75, 3.05) is 5.32 Å². The topological polar surface area (TPSA) is 98.7 Å². The summed E-state index contributed by atoms with van der Waals surface area (Å²) in [5, 5.41) is 8.90. The molecule has 1 N–H and O–H groups in total. The van der Waals surface area contributed by atoms with Gasteiger partial charge in [0.25, 0.3) is 5.91 Å². The van der Waals surface area contributed by atoms with Gasteiger partial charge in [0.2, 0.25) is 0 Å². The lowest BCUT2D eigenvalue weighted by atomic mass is 10.2. The van der Waals surface area contributed by atoms with E-state index in [-0.39, 0.29) is 22.6 Å². The minimum Gasteiger partial charge on any atom is -0.315 e. The third-order valence-electron chi connectivity index (χ3n) is 2.96. The smallest absolute Gasteiger partial charge is 0.315 e. The Balaban J connectivity index is 2.00. The number of hydrogen-bond donors (Lipinski definition) is 1. The maximum absolute atomic E-state index is 13.0. The molecule has 0 radical (unpaired) electrons. The van der Waals surface area contributed by atoms with Crippen molar-refractivity contribution >= 4 is 23.0 Å². The maximum Gasteiger partial charge on any atom is 0.435 e. The van der Waals surface area contributed by atoms with Crippen LogP contribution in [0.1, 0.15) is 21.9 Å². The van der Waals surface area contributed by atoms with Crippen LogP contribution in [0.5, 0.6) is 0 Å². The zero-order valence-electron chi connectivity index (χ0n) is 11.8. The molecule has 0 aliphatic heterocycles. The number of nitrogens with zero attached hydrogens (tertiary/aromatic N) is 5. The Hall–Kier alpha value is -2.98. The lowest BCUT2D eigenvalue weighted by Crippen LogP contribution is -2.13. The third-order valence-corrected chi connectivity index (χ3v) is 2.96. The number of fused-ring (bicyclic) bond motifs is 1. The number of anilines is 1. The van der Waals surface area contributed by atoms with Crippen LogP contribution in [-0.4, -0.2) is 30.8 Å². The second-order valence-corrected chi connectivity index (χ2v) is 4.67. The van der Waals surface area contributed by atoms with Gasteiger partial charge in [-0.15, -0.1) is 0 Å². The maximum atomic E-state index is 13.0. The average molecular weight is 326 g/mol. The zero-order chi connectivity index (χ0) is 16.8. The van der Waals surface area contributed by atoms with Crippen molar-refractivity contribution in [3.05, 3.63) is 29.3 Å². The second kappa shape index (κ2) is 5.04. The van der Waals surface area contributed by atoms with E-state index in [0.29, 0.717) is 5.82 Å². The van der Waals surface area contributed by atoms with E-state index in [1.807, 2.05) is 0 Å². The first-order valence-electron chi connectivity index (χ1n) is 6.27. The van der Waals surface area contributed by atoms with Gasteiger partial charge in [0.15, 0.2) is 17.2 Å². The quantitative estimate of drug-likeness (QED) is 0.772. The number of hydrogen-bond acceptors (Lipinski definition) is 6. The molecule has 11 heteroatoms. The van der Waals surface area contributed by atoms with Crippen LogP contribution in [-0.2, 0) is 13.2 Å². The predicted molar refractivity (Wildman–Crippen MR) is 70.5 cm³/mol. The van der Waals surface area contributed by atoms with E-state index in [1.54, 1.807) is 6.92 Å². The summed E-state index contributed by atoms with van der Waals surface area (Å²) in [6.07, 6.45) is -3.51. The fourth-order valence-corrected chi connectivity index (χ4v) is 1.99. The van der Waals surface area contributed by atoms with Gasteiger partial charge in [0, 0.05) is 13.2 Å². The van der Waals surface area contributed by atoms with Gasteiger partial charge in [0.1, 0.15) is 0 Å². The Kier molecular flexibility index (Phi) is 3.27. The van der Waals surface area contributed by atoms with E-state index < -0.39 is 17.8 Å². The molecule has 0 saturated carbocycles. The molecule has 1 amide bonds. The summed E-state index contributed by atoms with van der Waals surface area (Å²) in [5.74, 6) is -0.416. The van der Waals surface area contributed by atoms with E-state index in [9.17, 15) is 18.0 Å². The van der Waals surface area contributed by atoms with Gasteiger partial charge in [-0.3, -0.25) is 10.1 Å². The first-order valence-corrected chi connectivity index (χ1v) is 6.27. The number of aromatic nitrogens is 5. The molecule has 0 saturated heterocycles. The monoisotopic (exact) mass is 326 g/mol. The van der Waals surface area contributed by atoms with Crippen LogP contribution in [0.15, 0.2) is 16.8 Å². The van der Waals surface area contributed by atoms with E-state index in [0.717, 1.165) is 16.9 Å². The zero-order valence-corrected chi connectivity index (χ0v) is 11.8. The van der Waals surface area contributed by atoms with Crippen LogP contribution in [0.25, 0.3) is 11.0 Å². The number of aryl methyl sites for hydroxylation is 2. The lowest BCUT2D eigenvalue weighted by molar-refractivity contribution is -0.140. The number of carbonyl (C=O) groups excluding carboxylic acids is 1. The summed E-state index contributed by atoms with van der Waals surface area (Å²) in [4.78, 5) is 19.7. The van der Waals surface area contributed by atoms with Crippen molar-refractivity contribution in [2.45, 2.75) is 13.1 Å². The number of carbonyl (C=O) groups is 1. The summed E-state index contributed by atoms with van der Waals surface area (Å²) >= 11 is 0. The Morgan fingerprint density at radius 2 is 2.13 bits per heavy atom. The van der Waals surface area contributed by atoms with Gasteiger partial charge in [-0.05, 0) is 13.0 Å². The molecule has 0 fully saturated rings. The molecule has 8 nitrogen and oxygen atoms in total. The molecule has 3 heterocycles. The van der Waals surface area contributed by atoms with Gasteiger partial charge in [-0.1, -0.05) is 5.16 Å². The van der Waals surface area contributed by atoms with E-state index in [1.165, 1.54) is 7.05 Å². The van der Waals surface area contributed by atoms with Crippen LogP contribution in [0.4, 0.5) is 19.2 Å². The fraction of sp³-hybridized carbons (Fsp3) is 0.250. The van der Waals surface area contributed by atoms with Gasteiger partial charge in [-0.2, -0.15) is 23.3 Å². The average Bonchev–Trinajstić information content (AvgIpc) is 3.02. The van der Waals surface area contributed by atoms with Gasteiger partial charge < -0.3 is 4.52 Å². The van der Waals surface area contributed by atoms with Crippen molar-refractivity contribution in [3.8, 4) is 0 Å². The molecule has 0 atom stereocenters. The fourth-order valence-electron chi connectivity index (χ4n) is 1.99. The van der Waals surface area contributed by atoms with Crippen molar-refractivity contribution < 1.29 is 22.5 Å². The molecule has 0 bridgehead atoms. The molecule has 0 aliphatic rings. The molecular weight excluding hydrogens is 317 g/mol. The van der Waals surface area contributed by atoms with E-state index in [2.05, 4.69) is 25.5 Å². The normalized spacial score (nSPS) is 11.9. The molecule has 0 unspecified atom stereocenters. The number of pyridine rings is 1. The lowest BCUT2D eigenvalue weighted by Gasteiger charge is -2.03. The largest absolute Gasteiger partial charge is 0.435 e. The molecule has 0 aliphatic carbocycles. The minimum absolute atomic E-state index is 0.0162. The molecule has 3 aromatic heterocycles. The minimum atomic E-state index is -4.65. The van der Waals surface area contributed by atoms with Crippen LogP contribution in [0.2, 0.25) is 0 Å². The summed E-state index contributed by atoms with van der Waals surface area (Å²) in [6.45, 7) is 1.55. The third kappa shape index (κ3) is 2.72. The second-order valence-electron chi connectivity index (χ2n) is 4.67. The van der Waals surface area contributed by atoms with Crippen LogP contribution < -0.4 is 5.32 Å². The van der Waals surface area contributed by atoms with Crippen molar-refractivity contribution in [2.24, 2.45) is 7.05 Å². The van der Waals surface area contributed by atoms with Crippen molar-refractivity contribution in [3.63, 3.8) is 0 Å². The molecule has 23 heavy (non-hydrogen) atoms. The number of nitrogens with one attached hydrogen (secondary N) is 1. The van der Waals surface area contributed by atoms with Gasteiger partial charge in [-0.25, -0.2) is 9.67 Å². The van der Waals surface area contributed by atoms with Crippen LogP contribution in [0, 0.1) is 6.92 Å². The Bertz CT molecular complexity index is 898. The highest BCUT2D eigenvalue weighted by Gasteiger charge is 2.37. The van der Waals surface area contributed by atoms with Crippen molar-refractivity contribution in [1.29, 1.82) is 0 Å². The Labute approximate surface area is 126 Å². The molecule has 0 aromatic carbocycles. The molecular formula is C12H9F3N6O2. The highest BCUT2D eigenvalue weighted by atomic mass is 19.4. The van der Waals surface area contributed by atoms with Crippen molar-refractivity contribution in [1.82, 2.24) is 24.9 Å². The highest BCUT2D eigenvalue weighted by Crippen LogP contribution is 2.33. The van der Waals surface area contributed by atoms with E-state index >= 15 is 0 Å². The number of rotatable bonds is 2. The summed E-state index contributed by atoms with van der Waals surface area (Å²) in [6, 6.07) is 0.909. The van der Waals surface area contributed by atoms with Crippen LogP contribution in [0.3, 0.4) is 0 Å². The van der Waals surface area contributed by atoms with E-state index in [4.69, 9.17) is 4.52 Å². The highest BCUT2D eigenvalue weighted by molar-refractivity contribution is 6.04. The summed E-state index contributed by atoms with van der Waals surface area (Å²) in [5.41, 5.74) is -1.18. The standard InChI is InChI=1S/C12H9F3N6O2/c1-5-17-11(23-20-5)18-10(22)6-3-7-8(12(13,14)15)19-21(2)9(7)16-4-6/h3-4H,1-2H3,(H,17,18,20,22). The number of amides is 1. The SMILES string of the molecule is Cc1noc(NC(=O)c2cnc3c(c2)c(C(F)(F)F)nn3C)n1. The molecule has 0 spiro atoms. The number of alkyl halides is 3. The Morgan fingerprint density at radius 3 is 2.74 bits per heavy atom. The van der Waals surface area contributed by atoms with Gasteiger partial charge >= 0.3 is 12.2 Å². The summed E-state index contributed by atoms with van der Waals surface area (Å²) in [7, 11) is 1.34. The Morgan fingerprint density at radius 1 is 1.39 bits per heavy atom. The molecule has 3 aromatic rings.